The molecule has 0 aromatic heterocycles. The highest BCUT2D eigenvalue weighted by Crippen LogP contribution is 2.19. The van der Waals surface area contributed by atoms with E-state index in [4.69, 9.17) is 4.74 Å². The Hall–Kier alpha value is -1.63. The van der Waals surface area contributed by atoms with Crippen LogP contribution in [0, 0.1) is 11.8 Å². The van der Waals surface area contributed by atoms with Crippen molar-refractivity contribution >= 4 is 17.8 Å². The molecule has 1 unspecified atom stereocenters. The third-order valence-electron chi connectivity index (χ3n) is 4.23. The lowest BCUT2D eigenvalue weighted by molar-refractivity contribution is -0.144. The van der Waals surface area contributed by atoms with Gasteiger partial charge in [-0.05, 0) is 33.6 Å². The summed E-state index contributed by atoms with van der Waals surface area (Å²) >= 11 is 0. The predicted octanol–water partition coefficient (Wildman–Crippen LogP) is 1.66. The van der Waals surface area contributed by atoms with Gasteiger partial charge in [-0.3, -0.25) is 9.59 Å². The highest BCUT2D eigenvalue weighted by molar-refractivity contribution is 5.85. The lowest BCUT2D eigenvalue weighted by Gasteiger charge is -2.33. The first-order valence-corrected chi connectivity index (χ1v) is 8.97. The fourth-order valence-corrected chi connectivity index (χ4v) is 2.76. The van der Waals surface area contributed by atoms with E-state index in [1.54, 1.807) is 4.90 Å². The minimum Gasteiger partial charge on any atom is -0.480 e. The molecule has 1 heterocycles. The SMILES string of the molecule is CC(C)C(=O)N1CCC(C(=O)NC(CCOC(C)(C)C)C(=O)O)CC1. The van der Waals surface area contributed by atoms with Crippen molar-refractivity contribution in [3.05, 3.63) is 0 Å². The van der Waals surface area contributed by atoms with E-state index in [9.17, 15) is 19.5 Å². The average Bonchev–Trinajstić information content (AvgIpc) is 2.51. The number of amides is 2. The van der Waals surface area contributed by atoms with E-state index in [1.165, 1.54) is 0 Å². The van der Waals surface area contributed by atoms with Crippen LogP contribution in [0.3, 0.4) is 0 Å². The first-order chi connectivity index (χ1) is 11.5. The summed E-state index contributed by atoms with van der Waals surface area (Å²) in [5, 5.41) is 11.9. The first kappa shape index (κ1) is 21.4. The number of carboxylic acid groups (broad SMARTS) is 1. The van der Waals surface area contributed by atoms with Crippen LogP contribution in [0.5, 0.6) is 0 Å². The van der Waals surface area contributed by atoms with Crippen LogP contribution in [0.2, 0.25) is 0 Å². The Kier molecular flexibility index (Phi) is 7.86. The highest BCUT2D eigenvalue weighted by Gasteiger charge is 2.30. The number of hydrogen-bond donors (Lipinski definition) is 2. The van der Waals surface area contributed by atoms with Crippen molar-refractivity contribution in [2.45, 2.75) is 65.5 Å². The van der Waals surface area contributed by atoms with Gasteiger partial charge in [0.05, 0.1) is 5.60 Å². The van der Waals surface area contributed by atoms with E-state index in [2.05, 4.69) is 5.32 Å². The standard InChI is InChI=1S/C18H32N2O5/c1-12(2)16(22)20-9-6-13(7-10-20)15(21)19-14(17(23)24)8-11-25-18(3,4)5/h12-14H,6-11H2,1-5H3,(H,19,21)(H,23,24). The lowest BCUT2D eigenvalue weighted by Crippen LogP contribution is -2.48. The number of carbonyl (C=O) groups is 3. The van der Waals surface area contributed by atoms with E-state index in [-0.39, 0.29) is 42.3 Å². The van der Waals surface area contributed by atoms with E-state index in [1.807, 2.05) is 34.6 Å². The summed E-state index contributed by atoms with van der Waals surface area (Å²) in [5.41, 5.74) is -0.344. The number of nitrogens with one attached hydrogen (secondary N) is 1. The second-order valence-electron chi connectivity index (χ2n) is 7.90. The van der Waals surface area contributed by atoms with E-state index < -0.39 is 12.0 Å². The molecule has 1 aliphatic heterocycles. The van der Waals surface area contributed by atoms with Gasteiger partial charge in [0.2, 0.25) is 11.8 Å². The van der Waals surface area contributed by atoms with Gasteiger partial charge in [0.15, 0.2) is 0 Å². The smallest absolute Gasteiger partial charge is 0.326 e. The summed E-state index contributed by atoms with van der Waals surface area (Å²) in [6.07, 6.45) is 1.35. The van der Waals surface area contributed by atoms with Crippen LogP contribution in [0.4, 0.5) is 0 Å². The van der Waals surface area contributed by atoms with Gasteiger partial charge in [-0.25, -0.2) is 4.79 Å². The van der Waals surface area contributed by atoms with Gasteiger partial charge in [0.25, 0.3) is 0 Å². The topological polar surface area (TPSA) is 95.9 Å². The molecule has 1 rings (SSSR count). The van der Waals surface area contributed by atoms with Crippen LogP contribution < -0.4 is 5.32 Å². The van der Waals surface area contributed by atoms with Gasteiger partial charge >= 0.3 is 5.97 Å². The van der Waals surface area contributed by atoms with Crippen LogP contribution in [0.25, 0.3) is 0 Å². The number of piperidine rings is 1. The number of carboxylic acids is 1. The van der Waals surface area contributed by atoms with Crippen LogP contribution in [-0.2, 0) is 19.1 Å². The molecule has 1 saturated heterocycles. The van der Waals surface area contributed by atoms with Crippen molar-refractivity contribution in [2.24, 2.45) is 11.8 Å². The van der Waals surface area contributed by atoms with Crippen LogP contribution >= 0.6 is 0 Å². The molecule has 144 valence electrons. The number of hydrogen-bond acceptors (Lipinski definition) is 4. The summed E-state index contributed by atoms with van der Waals surface area (Å²) in [6.45, 7) is 10.8. The zero-order valence-electron chi connectivity index (χ0n) is 16.0. The number of ether oxygens (including phenoxy) is 1. The summed E-state index contributed by atoms with van der Waals surface area (Å²) in [5.74, 6) is -1.51. The zero-order valence-corrected chi connectivity index (χ0v) is 16.0. The summed E-state index contributed by atoms with van der Waals surface area (Å²) in [7, 11) is 0. The van der Waals surface area contributed by atoms with Crippen LogP contribution in [0.15, 0.2) is 0 Å². The molecular weight excluding hydrogens is 324 g/mol. The molecule has 7 heteroatoms. The van der Waals surface area contributed by atoms with Gasteiger partial charge in [-0.15, -0.1) is 0 Å². The van der Waals surface area contributed by atoms with Crippen molar-refractivity contribution in [3.8, 4) is 0 Å². The van der Waals surface area contributed by atoms with Crippen molar-refractivity contribution < 1.29 is 24.2 Å². The Morgan fingerprint density at radius 2 is 1.76 bits per heavy atom. The molecule has 0 aliphatic carbocycles. The third kappa shape index (κ3) is 7.42. The normalized spacial score (nSPS) is 17.4. The number of likely N-dealkylation sites (tertiary alicyclic amines) is 1. The molecule has 7 nitrogen and oxygen atoms in total. The van der Waals surface area contributed by atoms with Gasteiger partial charge in [-0.2, -0.15) is 0 Å². The molecule has 25 heavy (non-hydrogen) atoms. The maximum atomic E-state index is 12.4. The molecule has 0 saturated carbocycles. The van der Waals surface area contributed by atoms with E-state index in [0.29, 0.717) is 25.9 Å². The summed E-state index contributed by atoms with van der Waals surface area (Å²) in [6, 6.07) is -0.954. The zero-order chi connectivity index (χ0) is 19.2. The van der Waals surface area contributed by atoms with Gasteiger partial charge in [0, 0.05) is 38.0 Å². The quantitative estimate of drug-likeness (QED) is 0.723. The molecule has 0 bridgehead atoms. The molecule has 2 N–H and O–H groups in total. The van der Waals surface area contributed by atoms with Crippen molar-refractivity contribution in [3.63, 3.8) is 0 Å². The fourth-order valence-electron chi connectivity index (χ4n) is 2.76. The molecule has 0 aromatic rings. The van der Waals surface area contributed by atoms with Crippen molar-refractivity contribution in [1.29, 1.82) is 0 Å². The second-order valence-corrected chi connectivity index (χ2v) is 7.90. The van der Waals surface area contributed by atoms with E-state index in [0.717, 1.165) is 0 Å². The molecule has 2 amide bonds. The minimum absolute atomic E-state index is 0.0513. The summed E-state index contributed by atoms with van der Waals surface area (Å²) in [4.78, 5) is 37.5. The Bertz CT molecular complexity index is 476. The van der Waals surface area contributed by atoms with Gasteiger partial charge < -0.3 is 20.1 Å². The number of carbonyl (C=O) groups excluding carboxylic acids is 2. The Labute approximate surface area is 150 Å². The Morgan fingerprint density at radius 3 is 2.20 bits per heavy atom. The number of nitrogens with zero attached hydrogens (tertiary/aromatic N) is 1. The molecule has 1 fully saturated rings. The number of aliphatic carboxylic acids is 1. The van der Waals surface area contributed by atoms with Gasteiger partial charge in [-0.1, -0.05) is 13.8 Å². The Morgan fingerprint density at radius 1 is 1.20 bits per heavy atom. The monoisotopic (exact) mass is 356 g/mol. The molecule has 0 radical (unpaired) electrons. The molecule has 0 aromatic carbocycles. The highest BCUT2D eigenvalue weighted by atomic mass is 16.5. The minimum atomic E-state index is -1.06. The Balaban J connectivity index is 2.48. The van der Waals surface area contributed by atoms with Gasteiger partial charge in [0.1, 0.15) is 6.04 Å². The van der Waals surface area contributed by atoms with E-state index >= 15 is 0 Å². The van der Waals surface area contributed by atoms with Crippen LogP contribution in [-0.4, -0.2) is 59.1 Å². The van der Waals surface area contributed by atoms with Crippen molar-refractivity contribution in [1.82, 2.24) is 10.2 Å². The van der Waals surface area contributed by atoms with Crippen LogP contribution in [0.1, 0.15) is 53.9 Å². The van der Waals surface area contributed by atoms with Crippen molar-refractivity contribution in [2.75, 3.05) is 19.7 Å². The predicted molar refractivity (Wildman–Crippen MR) is 94.0 cm³/mol. The first-order valence-electron chi connectivity index (χ1n) is 8.97. The maximum absolute atomic E-state index is 12.4. The molecule has 0 spiro atoms. The lowest BCUT2D eigenvalue weighted by atomic mass is 9.94. The fraction of sp³-hybridized carbons (Fsp3) is 0.833. The molecule has 1 atom stereocenters. The molecular formula is C18H32N2O5. The largest absolute Gasteiger partial charge is 0.480 e. The summed E-state index contributed by atoms with van der Waals surface area (Å²) < 4.78 is 5.54. The maximum Gasteiger partial charge on any atom is 0.326 e. The average molecular weight is 356 g/mol. The second kappa shape index (κ2) is 9.17. The number of rotatable bonds is 7. The third-order valence-corrected chi connectivity index (χ3v) is 4.23. The molecule has 1 aliphatic rings.